The van der Waals surface area contributed by atoms with Gasteiger partial charge >= 0.3 is 11.9 Å². The number of aliphatic carboxylic acids is 1. The molecule has 0 aromatic heterocycles. The number of esters is 1. The summed E-state index contributed by atoms with van der Waals surface area (Å²) >= 11 is 0. The number of nitrogens with zero attached hydrogens (tertiary/aromatic N) is 1. The van der Waals surface area contributed by atoms with Gasteiger partial charge in [-0.3, -0.25) is 14.4 Å². The summed E-state index contributed by atoms with van der Waals surface area (Å²) in [5.41, 5.74) is -4.02. The lowest BCUT2D eigenvalue weighted by Crippen LogP contribution is -2.68. The number of carbonyl (C=O) groups is 3. The number of Topliss-reactive ketones (excluding diaryl/α,β-unsaturated/α-hetero) is 1. The molecule has 0 amide bonds. The normalized spacial score (nSPS) is 51.9. The van der Waals surface area contributed by atoms with Crippen molar-refractivity contribution in [3.8, 4) is 6.07 Å². The third-order valence-corrected chi connectivity index (χ3v) is 10.8. The molecule has 0 bridgehead atoms. The Labute approximate surface area is 193 Å². The third kappa shape index (κ3) is 2.56. The van der Waals surface area contributed by atoms with E-state index in [4.69, 9.17) is 9.47 Å². The predicted octanol–water partition coefficient (Wildman–Crippen LogP) is 2.62. The van der Waals surface area contributed by atoms with E-state index in [1.165, 1.54) is 7.11 Å². The second kappa shape index (κ2) is 6.79. The number of aliphatic hydroxyl groups is 1. The number of ether oxygens (including phenoxy) is 2. The highest BCUT2D eigenvalue weighted by molar-refractivity contribution is 5.82. The lowest BCUT2D eigenvalue weighted by molar-refractivity contribution is -0.191. The topological polar surface area (TPSA) is 137 Å². The van der Waals surface area contributed by atoms with Gasteiger partial charge < -0.3 is 19.7 Å². The number of methoxy groups -OCH3 is 1. The first kappa shape index (κ1) is 22.8. The molecule has 0 aromatic rings. The van der Waals surface area contributed by atoms with Crippen molar-refractivity contribution in [3.63, 3.8) is 0 Å². The molecule has 9 atom stereocenters. The van der Waals surface area contributed by atoms with E-state index in [9.17, 15) is 29.9 Å². The molecule has 180 valence electrons. The number of carboxylic acids is 1. The second-order valence-corrected chi connectivity index (χ2v) is 11.7. The van der Waals surface area contributed by atoms with Gasteiger partial charge in [0.2, 0.25) is 0 Å². The van der Waals surface area contributed by atoms with Crippen LogP contribution in [-0.4, -0.2) is 52.4 Å². The zero-order valence-corrected chi connectivity index (χ0v) is 19.6. The highest BCUT2D eigenvalue weighted by Gasteiger charge is 2.86. The maximum atomic E-state index is 13.2. The van der Waals surface area contributed by atoms with Crippen molar-refractivity contribution in [1.82, 2.24) is 0 Å². The summed E-state index contributed by atoms with van der Waals surface area (Å²) in [7, 11) is 1.35. The van der Waals surface area contributed by atoms with E-state index < -0.39 is 45.3 Å². The van der Waals surface area contributed by atoms with Crippen LogP contribution in [0.3, 0.4) is 0 Å². The first-order chi connectivity index (χ1) is 15.4. The molecule has 1 saturated heterocycles. The fourth-order valence-electron chi connectivity index (χ4n) is 9.00. The number of fused-ring (bicyclic) bond motifs is 3. The van der Waals surface area contributed by atoms with Crippen LogP contribution in [0.25, 0.3) is 0 Å². The van der Waals surface area contributed by atoms with Gasteiger partial charge in [-0.2, -0.15) is 5.26 Å². The molecule has 0 unspecified atom stereocenters. The molecule has 5 fully saturated rings. The largest absolute Gasteiger partial charge is 0.481 e. The van der Waals surface area contributed by atoms with Gasteiger partial charge in [0.25, 0.3) is 0 Å². The van der Waals surface area contributed by atoms with Crippen LogP contribution in [0.5, 0.6) is 0 Å². The Morgan fingerprint density at radius 1 is 1.27 bits per heavy atom. The Hall–Kier alpha value is -1.98. The van der Waals surface area contributed by atoms with Crippen molar-refractivity contribution in [2.45, 2.75) is 88.9 Å². The summed E-state index contributed by atoms with van der Waals surface area (Å²) in [5, 5.41) is 31.3. The molecule has 0 radical (unpaired) electrons. The minimum absolute atomic E-state index is 0.0502. The number of nitriles is 1. The first-order valence-corrected chi connectivity index (χ1v) is 12.1. The molecule has 4 aliphatic carbocycles. The number of carbonyl (C=O) groups excluding carboxylic acids is 2. The van der Waals surface area contributed by atoms with Gasteiger partial charge in [-0.15, -0.1) is 0 Å². The van der Waals surface area contributed by atoms with Crippen LogP contribution < -0.4 is 0 Å². The van der Waals surface area contributed by atoms with Crippen molar-refractivity contribution in [1.29, 1.82) is 5.26 Å². The van der Waals surface area contributed by atoms with Gasteiger partial charge in [0, 0.05) is 36.0 Å². The first-order valence-electron chi connectivity index (χ1n) is 12.1. The Morgan fingerprint density at radius 2 is 2.00 bits per heavy atom. The molecular weight excluding hydrogens is 426 g/mol. The molecule has 1 heterocycles. The zero-order valence-electron chi connectivity index (χ0n) is 19.6. The quantitative estimate of drug-likeness (QED) is 0.483. The molecule has 8 nitrogen and oxygen atoms in total. The Morgan fingerprint density at radius 3 is 2.64 bits per heavy atom. The summed E-state index contributed by atoms with van der Waals surface area (Å²) < 4.78 is 11.8. The summed E-state index contributed by atoms with van der Waals surface area (Å²) in [6, 6.07) is 2.48. The van der Waals surface area contributed by atoms with Crippen molar-refractivity contribution in [2.75, 3.05) is 7.11 Å². The number of epoxide rings is 1. The predicted molar refractivity (Wildman–Crippen MR) is 113 cm³/mol. The lowest BCUT2D eigenvalue weighted by Gasteiger charge is -2.63. The van der Waals surface area contributed by atoms with Crippen LogP contribution in [0.2, 0.25) is 0 Å². The fourth-order valence-corrected chi connectivity index (χ4v) is 9.00. The molecule has 8 heteroatoms. The Bertz CT molecular complexity index is 974. The summed E-state index contributed by atoms with van der Waals surface area (Å²) in [5.74, 6) is -2.20. The van der Waals surface area contributed by atoms with Gasteiger partial charge in [0.05, 0.1) is 36.2 Å². The summed E-state index contributed by atoms with van der Waals surface area (Å²) in [6.45, 7) is 4.09. The van der Waals surface area contributed by atoms with Gasteiger partial charge in [0.1, 0.15) is 11.4 Å². The van der Waals surface area contributed by atoms with Crippen LogP contribution >= 0.6 is 0 Å². The molecule has 0 aromatic carbocycles. The summed E-state index contributed by atoms with van der Waals surface area (Å²) in [4.78, 5) is 36.9. The van der Waals surface area contributed by atoms with Crippen molar-refractivity contribution >= 4 is 17.7 Å². The molecule has 5 aliphatic rings. The van der Waals surface area contributed by atoms with Crippen molar-refractivity contribution in [2.24, 2.45) is 34.0 Å². The van der Waals surface area contributed by atoms with Gasteiger partial charge in [-0.05, 0) is 44.4 Å². The van der Waals surface area contributed by atoms with Crippen LogP contribution in [0.15, 0.2) is 0 Å². The smallest absolute Gasteiger partial charge is 0.309 e. The highest BCUT2D eigenvalue weighted by Crippen LogP contribution is 2.80. The average molecular weight is 460 g/mol. The van der Waals surface area contributed by atoms with Crippen molar-refractivity contribution in [3.05, 3.63) is 0 Å². The maximum Gasteiger partial charge on any atom is 0.309 e. The van der Waals surface area contributed by atoms with E-state index in [0.29, 0.717) is 32.1 Å². The molecule has 33 heavy (non-hydrogen) atoms. The van der Waals surface area contributed by atoms with Crippen LogP contribution in [0, 0.1) is 45.3 Å². The van der Waals surface area contributed by atoms with Gasteiger partial charge in [0.15, 0.2) is 0 Å². The van der Waals surface area contributed by atoms with Crippen molar-refractivity contribution < 1.29 is 34.1 Å². The molecule has 1 aliphatic heterocycles. The number of rotatable bonds is 4. The minimum atomic E-state index is -1.15. The van der Waals surface area contributed by atoms with E-state index in [2.05, 4.69) is 13.0 Å². The monoisotopic (exact) mass is 459 g/mol. The van der Waals surface area contributed by atoms with E-state index in [0.717, 1.165) is 0 Å². The number of hydrogen-bond acceptors (Lipinski definition) is 7. The Balaban J connectivity index is 1.62. The van der Waals surface area contributed by atoms with Gasteiger partial charge in [-0.25, -0.2) is 0 Å². The molecule has 4 saturated carbocycles. The SMILES string of the molecule is COC(=O)[C@@H]1C[C@]2(C#N)CC(=O)CC[C@]2(C)[C@@]23O[C@@H]2C[C@@]2(C)[C@@H](CC[C@@]2(O)CCC(=O)O)[C@H]13. The fraction of sp³-hybridized carbons (Fsp3) is 0.840. The number of hydrogen-bond donors (Lipinski definition) is 2. The number of ketones is 1. The standard InChI is InChI=1S/C25H33NO7/c1-21-12-17-25(33-17)19(16(21)5-8-24(21,31)9-6-18(28)29)15(20(30)32-3)11-23(13-26)10-14(27)4-7-22(23,25)2/h15-17,19,31H,4-12H2,1-3H3,(H,28,29)/t15-,16+,17-,19+,21+,22+,23+,24-,25-/m1/s1. The molecule has 2 N–H and O–H groups in total. The summed E-state index contributed by atoms with van der Waals surface area (Å²) in [6.07, 6.45) is 2.84. The maximum absolute atomic E-state index is 13.2. The van der Waals surface area contributed by atoms with E-state index in [-0.39, 0.29) is 49.4 Å². The third-order valence-electron chi connectivity index (χ3n) is 10.8. The van der Waals surface area contributed by atoms with Crippen LogP contribution in [0.4, 0.5) is 0 Å². The average Bonchev–Trinajstić information content (AvgIpc) is 3.43. The zero-order chi connectivity index (χ0) is 24.0. The molecular formula is C25H33NO7. The van der Waals surface area contributed by atoms with Crippen LogP contribution in [0.1, 0.15) is 71.6 Å². The van der Waals surface area contributed by atoms with E-state index in [1.807, 2.05) is 6.92 Å². The highest BCUT2D eigenvalue weighted by atomic mass is 16.6. The second-order valence-electron chi connectivity index (χ2n) is 11.7. The number of carboxylic acid groups (broad SMARTS) is 1. The van der Waals surface area contributed by atoms with Gasteiger partial charge in [-0.1, -0.05) is 13.8 Å². The van der Waals surface area contributed by atoms with E-state index >= 15 is 0 Å². The molecule has 1 spiro atoms. The molecule has 5 rings (SSSR count). The van der Waals surface area contributed by atoms with Crippen LogP contribution in [-0.2, 0) is 23.9 Å². The van der Waals surface area contributed by atoms with E-state index in [1.54, 1.807) is 0 Å². The Kier molecular flexibility index (Phi) is 4.69. The minimum Gasteiger partial charge on any atom is -0.481 e. The lowest BCUT2D eigenvalue weighted by atomic mass is 9.37.